The van der Waals surface area contributed by atoms with Crippen molar-refractivity contribution in [3.05, 3.63) is 63.2 Å². The van der Waals surface area contributed by atoms with Gasteiger partial charge in [0.1, 0.15) is 37.2 Å². The van der Waals surface area contributed by atoms with Gasteiger partial charge in [0.15, 0.2) is 16.3 Å². The number of aromatic nitrogens is 1. The fourth-order valence-corrected chi connectivity index (χ4v) is 4.45. The zero-order chi connectivity index (χ0) is 22.2. The molecule has 1 aliphatic heterocycles. The number of rotatable bonds is 3. The van der Waals surface area contributed by atoms with E-state index in [4.69, 9.17) is 18.6 Å². The van der Waals surface area contributed by atoms with Crippen molar-refractivity contribution >= 4 is 44.4 Å². The van der Waals surface area contributed by atoms with E-state index in [0.29, 0.717) is 35.8 Å². The van der Waals surface area contributed by atoms with Crippen molar-refractivity contribution in [2.75, 3.05) is 20.3 Å². The fraction of sp³-hybridized carbons (Fsp3) is 0.182. The normalized spacial score (nSPS) is 13.5. The van der Waals surface area contributed by atoms with Crippen LogP contribution in [0.3, 0.4) is 0 Å². The van der Waals surface area contributed by atoms with Gasteiger partial charge in [0.25, 0.3) is 5.91 Å². The van der Waals surface area contributed by atoms with Crippen LogP contribution in [0.4, 0.5) is 0 Å². The molecule has 0 atom stereocenters. The number of carbonyl (C=O) groups is 2. The Balaban J connectivity index is 1.67. The summed E-state index contributed by atoms with van der Waals surface area (Å²) in [5.74, 6) is -0.179. The van der Waals surface area contributed by atoms with Crippen molar-refractivity contribution in [2.45, 2.75) is 6.54 Å². The first-order chi connectivity index (χ1) is 15.5. The van der Waals surface area contributed by atoms with Crippen LogP contribution in [0.2, 0.25) is 0 Å². The number of nitrogens with zero attached hydrogens (tertiary/aromatic N) is 2. The lowest BCUT2D eigenvalue weighted by Gasteiger charge is -2.18. The molecule has 0 N–H and O–H groups in total. The Bertz CT molecular complexity index is 1510. The lowest BCUT2D eigenvalue weighted by Crippen LogP contribution is -2.23. The van der Waals surface area contributed by atoms with Crippen LogP contribution in [-0.2, 0) is 16.1 Å². The summed E-state index contributed by atoms with van der Waals surface area (Å²) in [5, 5.41) is 0.286. The second kappa shape index (κ2) is 7.97. The van der Waals surface area contributed by atoms with E-state index in [9.17, 15) is 14.4 Å². The van der Waals surface area contributed by atoms with E-state index >= 15 is 0 Å². The van der Waals surface area contributed by atoms with Crippen molar-refractivity contribution in [3.8, 4) is 11.5 Å². The SMILES string of the molecule is COC(=O)Cn1c(=NC(=O)c2coc3ccccc3c2=O)sc2cc3c(cc21)OCCO3. The van der Waals surface area contributed by atoms with Gasteiger partial charge in [-0.15, -0.1) is 0 Å². The summed E-state index contributed by atoms with van der Waals surface area (Å²) in [7, 11) is 1.28. The third-order valence-electron chi connectivity index (χ3n) is 4.97. The third-order valence-corrected chi connectivity index (χ3v) is 6.01. The van der Waals surface area contributed by atoms with Crippen molar-refractivity contribution in [1.29, 1.82) is 0 Å². The van der Waals surface area contributed by atoms with E-state index in [2.05, 4.69) is 4.99 Å². The largest absolute Gasteiger partial charge is 0.486 e. The summed E-state index contributed by atoms with van der Waals surface area (Å²) in [5.41, 5.74) is 0.333. The molecule has 0 bridgehead atoms. The summed E-state index contributed by atoms with van der Waals surface area (Å²) in [6.07, 6.45) is 1.11. The molecule has 0 radical (unpaired) electrons. The minimum absolute atomic E-state index is 0.172. The summed E-state index contributed by atoms with van der Waals surface area (Å²) >= 11 is 1.18. The number of amides is 1. The quantitative estimate of drug-likeness (QED) is 0.439. The number of ether oxygens (including phenoxy) is 3. The van der Waals surface area contributed by atoms with Gasteiger partial charge in [-0.2, -0.15) is 4.99 Å². The first-order valence-corrected chi connectivity index (χ1v) is 10.5. The monoisotopic (exact) mass is 452 g/mol. The highest BCUT2D eigenvalue weighted by Crippen LogP contribution is 2.35. The smallest absolute Gasteiger partial charge is 0.325 e. The molecule has 32 heavy (non-hydrogen) atoms. The van der Waals surface area contributed by atoms with Crippen LogP contribution in [0.25, 0.3) is 21.2 Å². The number of hydrogen-bond acceptors (Lipinski definition) is 8. The standard InChI is InChI=1S/C22H16N2O7S/c1-28-19(25)10-24-14-8-16-17(30-7-6-29-16)9-18(14)32-22(24)23-21(27)13-11-31-15-5-3-2-4-12(15)20(13)26/h2-5,8-9,11H,6-7,10H2,1H3. The van der Waals surface area contributed by atoms with E-state index in [1.54, 1.807) is 41.0 Å². The van der Waals surface area contributed by atoms with E-state index in [1.807, 2.05) is 0 Å². The number of fused-ring (bicyclic) bond motifs is 3. The Kier molecular flexibility index (Phi) is 4.98. The van der Waals surface area contributed by atoms with Gasteiger partial charge in [0.05, 0.1) is 22.7 Å². The third kappa shape index (κ3) is 3.44. The van der Waals surface area contributed by atoms with Crippen LogP contribution in [0.5, 0.6) is 11.5 Å². The van der Waals surface area contributed by atoms with Crippen LogP contribution in [0.1, 0.15) is 10.4 Å². The number of methoxy groups -OCH3 is 1. The topological polar surface area (TPSA) is 109 Å². The average molecular weight is 452 g/mol. The fourth-order valence-electron chi connectivity index (χ4n) is 3.41. The van der Waals surface area contributed by atoms with E-state index in [0.717, 1.165) is 11.0 Å². The Morgan fingerprint density at radius 3 is 2.69 bits per heavy atom. The molecule has 162 valence electrons. The molecule has 4 aromatic rings. The summed E-state index contributed by atoms with van der Waals surface area (Å²) < 4.78 is 23.8. The highest BCUT2D eigenvalue weighted by molar-refractivity contribution is 7.16. The molecule has 0 saturated heterocycles. The maximum Gasteiger partial charge on any atom is 0.325 e. The second-order valence-corrected chi connectivity index (χ2v) is 7.91. The first kappa shape index (κ1) is 20.0. The number of benzene rings is 2. The molecule has 9 nitrogen and oxygen atoms in total. The molecule has 0 aliphatic carbocycles. The molecule has 2 aromatic heterocycles. The Labute approximate surface area is 184 Å². The van der Waals surface area contributed by atoms with Gasteiger partial charge in [-0.25, -0.2) is 0 Å². The van der Waals surface area contributed by atoms with E-state index in [-0.39, 0.29) is 22.3 Å². The van der Waals surface area contributed by atoms with Crippen molar-refractivity contribution < 1.29 is 28.2 Å². The number of esters is 1. The van der Waals surface area contributed by atoms with Gasteiger partial charge in [-0.3, -0.25) is 14.4 Å². The van der Waals surface area contributed by atoms with Gasteiger partial charge in [0.2, 0.25) is 5.43 Å². The molecule has 10 heteroatoms. The second-order valence-electron chi connectivity index (χ2n) is 6.90. The highest BCUT2D eigenvalue weighted by atomic mass is 32.1. The van der Waals surface area contributed by atoms with Gasteiger partial charge in [-0.05, 0) is 12.1 Å². The molecular formula is C22H16N2O7S. The minimum atomic E-state index is -0.771. The molecule has 5 rings (SSSR count). The summed E-state index contributed by atoms with van der Waals surface area (Å²) in [6.45, 7) is 0.668. The van der Waals surface area contributed by atoms with Crippen molar-refractivity contribution in [3.63, 3.8) is 0 Å². The molecule has 2 aromatic carbocycles. The van der Waals surface area contributed by atoms with Gasteiger partial charge < -0.3 is 23.2 Å². The molecule has 0 saturated carbocycles. The molecule has 3 heterocycles. The zero-order valence-corrected chi connectivity index (χ0v) is 17.6. The number of carbonyl (C=O) groups excluding carboxylic acids is 2. The maximum absolute atomic E-state index is 12.9. The minimum Gasteiger partial charge on any atom is -0.486 e. The van der Waals surface area contributed by atoms with Crippen molar-refractivity contribution in [1.82, 2.24) is 4.57 Å². The number of hydrogen-bond donors (Lipinski definition) is 0. The highest BCUT2D eigenvalue weighted by Gasteiger charge is 2.19. The van der Waals surface area contributed by atoms with Crippen LogP contribution < -0.4 is 19.7 Å². The maximum atomic E-state index is 12.9. The van der Waals surface area contributed by atoms with E-state index in [1.165, 1.54) is 18.4 Å². The molecular weight excluding hydrogens is 436 g/mol. The zero-order valence-electron chi connectivity index (χ0n) is 16.8. The molecule has 1 amide bonds. The van der Waals surface area contributed by atoms with Crippen LogP contribution in [-0.4, -0.2) is 36.8 Å². The number of thiazole rings is 1. The Morgan fingerprint density at radius 2 is 1.91 bits per heavy atom. The van der Waals surface area contributed by atoms with Crippen molar-refractivity contribution in [2.24, 2.45) is 4.99 Å². The van der Waals surface area contributed by atoms with Crippen LogP contribution in [0, 0.1) is 0 Å². The lowest BCUT2D eigenvalue weighted by molar-refractivity contribution is -0.141. The molecule has 0 spiro atoms. The van der Waals surface area contributed by atoms with Gasteiger partial charge in [-0.1, -0.05) is 23.5 Å². The molecule has 0 fully saturated rings. The summed E-state index contributed by atoms with van der Waals surface area (Å²) in [6, 6.07) is 10.2. The van der Waals surface area contributed by atoms with Gasteiger partial charge in [0, 0.05) is 12.1 Å². The van der Waals surface area contributed by atoms with Crippen LogP contribution in [0.15, 0.2) is 56.9 Å². The lowest BCUT2D eigenvalue weighted by atomic mass is 10.2. The molecule has 1 aliphatic rings. The predicted octanol–water partition coefficient (Wildman–Crippen LogP) is 2.49. The molecule has 0 unspecified atom stereocenters. The average Bonchev–Trinajstić information content (AvgIpc) is 3.13. The van der Waals surface area contributed by atoms with Gasteiger partial charge >= 0.3 is 5.97 Å². The Morgan fingerprint density at radius 1 is 1.16 bits per heavy atom. The van der Waals surface area contributed by atoms with E-state index < -0.39 is 17.3 Å². The predicted molar refractivity (Wildman–Crippen MR) is 115 cm³/mol. The van der Waals surface area contributed by atoms with Crippen LogP contribution >= 0.6 is 11.3 Å². The first-order valence-electron chi connectivity index (χ1n) is 9.64. The Hall–Kier alpha value is -3.92. The summed E-state index contributed by atoms with van der Waals surface area (Å²) in [4.78, 5) is 42.1. The number of para-hydroxylation sites is 1.